The third-order valence-corrected chi connectivity index (χ3v) is 4.14. The molecule has 0 unspecified atom stereocenters. The number of anilines is 1. The first-order valence-corrected chi connectivity index (χ1v) is 8.31. The number of fused-ring (bicyclic) bond motifs is 1. The van der Waals surface area contributed by atoms with Crippen molar-refractivity contribution in [3.05, 3.63) is 58.7 Å². The lowest BCUT2D eigenvalue weighted by atomic mass is 10.1. The Hall–Kier alpha value is -3.15. The molecule has 1 aliphatic heterocycles. The molecule has 0 N–H and O–H groups in total. The zero-order valence-corrected chi connectivity index (χ0v) is 14.9. The lowest BCUT2D eigenvalue weighted by Crippen LogP contribution is -2.29. The smallest absolute Gasteiger partial charge is 0.344 e. The molecule has 0 aromatic heterocycles. The van der Waals surface area contributed by atoms with Gasteiger partial charge in [-0.05, 0) is 56.2 Å². The molecule has 0 atom stereocenters. The first-order valence-electron chi connectivity index (χ1n) is 8.31. The number of hydrogen-bond acceptors (Lipinski definition) is 5. The molecule has 2 aromatic rings. The van der Waals surface area contributed by atoms with E-state index in [4.69, 9.17) is 9.47 Å². The van der Waals surface area contributed by atoms with Crippen LogP contribution in [-0.2, 0) is 9.53 Å². The van der Waals surface area contributed by atoms with Gasteiger partial charge in [0, 0.05) is 0 Å². The molecule has 6 heteroatoms. The fraction of sp³-hybridized carbons (Fsp3) is 0.250. The molecule has 6 nitrogen and oxygen atoms in total. The van der Waals surface area contributed by atoms with Crippen molar-refractivity contribution in [2.75, 3.05) is 18.1 Å². The van der Waals surface area contributed by atoms with Crippen molar-refractivity contribution >= 4 is 23.5 Å². The van der Waals surface area contributed by atoms with Gasteiger partial charge in [-0.2, -0.15) is 0 Å². The average Bonchev–Trinajstić information content (AvgIpc) is 2.86. The van der Waals surface area contributed by atoms with Gasteiger partial charge in [-0.3, -0.25) is 9.59 Å². The highest BCUT2D eigenvalue weighted by molar-refractivity contribution is 6.34. The van der Waals surface area contributed by atoms with Crippen LogP contribution < -0.4 is 9.64 Å². The molecule has 0 aliphatic carbocycles. The van der Waals surface area contributed by atoms with Crippen molar-refractivity contribution in [1.82, 2.24) is 0 Å². The Morgan fingerprint density at radius 3 is 2.04 bits per heavy atom. The molecule has 1 aliphatic rings. The summed E-state index contributed by atoms with van der Waals surface area (Å²) in [6.45, 7) is 5.43. The second-order valence-electron chi connectivity index (χ2n) is 5.99. The van der Waals surface area contributed by atoms with Crippen molar-refractivity contribution in [2.45, 2.75) is 20.8 Å². The summed E-state index contributed by atoms with van der Waals surface area (Å²) in [5.74, 6) is -0.594. The van der Waals surface area contributed by atoms with E-state index in [2.05, 4.69) is 0 Å². The van der Waals surface area contributed by atoms with Crippen LogP contribution in [0.4, 0.5) is 5.69 Å². The summed E-state index contributed by atoms with van der Waals surface area (Å²) in [5, 5.41) is 0. The number of aryl methyl sites for hydroxylation is 2. The average molecular weight is 353 g/mol. The Morgan fingerprint density at radius 1 is 1.00 bits per heavy atom. The second kappa shape index (κ2) is 7.00. The van der Waals surface area contributed by atoms with Crippen LogP contribution >= 0.6 is 0 Å². The lowest BCUT2D eigenvalue weighted by Gasteiger charge is -2.18. The third-order valence-electron chi connectivity index (χ3n) is 4.14. The maximum atomic E-state index is 12.6. The zero-order valence-electron chi connectivity index (χ0n) is 14.9. The standard InChI is InChI=1S/C20H19NO5/c1-4-25-17(22)11-26-18-12(2)9-14(10-13(18)3)21-19(23)15-7-5-6-8-16(15)20(21)24/h5-10H,4,11H2,1-3H3. The first-order chi connectivity index (χ1) is 12.4. The topological polar surface area (TPSA) is 72.9 Å². The van der Waals surface area contributed by atoms with E-state index >= 15 is 0 Å². The molecule has 2 aromatic carbocycles. The Bertz CT molecular complexity index is 845. The summed E-state index contributed by atoms with van der Waals surface area (Å²) in [4.78, 5) is 37.9. The normalized spacial score (nSPS) is 13.0. The van der Waals surface area contributed by atoms with Gasteiger partial charge in [0.05, 0.1) is 23.4 Å². The molecule has 134 valence electrons. The molecule has 0 fully saturated rings. The molecule has 3 rings (SSSR count). The summed E-state index contributed by atoms with van der Waals surface area (Å²) < 4.78 is 10.4. The van der Waals surface area contributed by atoms with E-state index < -0.39 is 5.97 Å². The molecular weight excluding hydrogens is 334 g/mol. The van der Waals surface area contributed by atoms with E-state index in [1.54, 1.807) is 57.2 Å². The van der Waals surface area contributed by atoms with E-state index in [9.17, 15) is 14.4 Å². The highest BCUT2D eigenvalue weighted by atomic mass is 16.6. The zero-order chi connectivity index (χ0) is 18.8. The molecule has 26 heavy (non-hydrogen) atoms. The second-order valence-corrected chi connectivity index (χ2v) is 5.99. The molecule has 0 radical (unpaired) electrons. The minimum atomic E-state index is -0.448. The highest BCUT2D eigenvalue weighted by Gasteiger charge is 2.36. The van der Waals surface area contributed by atoms with Gasteiger partial charge in [-0.25, -0.2) is 9.69 Å². The maximum Gasteiger partial charge on any atom is 0.344 e. The molecule has 1 heterocycles. The number of carbonyl (C=O) groups is 3. The van der Waals surface area contributed by atoms with Gasteiger partial charge in [0.15, 0.2) is 6.61 Å². The minimum Gasteiger partial charge on any atom is -0.481 e. The van der Waals surface area contributed by atoms with Crippen LogP contribution in [0.2, 0.25) is 0 Å². The van der Waals surface area contributed by atoms with Crippen molar-refractivity contribution < 1.29 is 23.9 Å². The minimum absolute atomic E-state index is 0.193. The maximum absolute atomic E-state index is 12.6. The summed E-state index contributed by atoms with van der Waals surface area (Å²) in [7, 11) is 0. The Balaban J connectivity index is 1.88. The molecule has 0 bridgehead atoms. The van der Waals surface area contributed by atoms with Gasteiger partial charge in [-0.1, -0.05) is 12.1 Å². The first kappa shape index (κ1) is 17.7. The van der Waals surface area contributed by atoms with Gasteiger partial charge in [0.2, 0.25) is 0 Å². The number of amides is 2. The summed E-state index contributed by atoms with van der Waals surface area (Å²) in [5.41, 5.74) is 2.72. The van der Waals surface area contributed by atoms with Crippen LogP contribution in [0.25, 0.3) is 0 Å². The Kier molecular flexibility index (Phi) is 4.75. The fourth-order valence-electron chi connectivity index (χ4n) is 3.04. The summed E-state index contributed by atoms with van der Waals surface area (Å²) >= 11 is 0. The van der Waals surface area contributed by atoms with E-state index in [1.165, 1.54) is 4.90 Å². The molecule has 2 amide bonds. The number of ether oxygens (including phenoxy) is 2. The van der Waals surface area contributed by atoms with Gasteiger partial charge in [0.25, 0.3) is 11.8 Å². The highest BCUT2D eigenvalue weighted by Crippen LogP contribution is 2.33. The number of esters is 1. The fourth-order valence-corrected chi connectivity index (χ4v) is 3.04. The molecule has 0 saturated carbocycles. The van der Waals surface area contributed by atoms with Crippen LogP contribution in [-0.4, -0.2) is 31.0 Å². The van der Waals surface area contributed by atoms with Crippen LogP contribution in [0.1, 0.15) is 38.8 Å². The van der Waals surface area contributed by atoms with Gasteiger partial charge < -0.3 is 9.47 Å². The Labute approximate surface area is 151 Å². The van der Waals surface area contributed by atoms with Crippen LogP contribution in [0, 0.1) is 13.8 Å². The van der Waals surface area contributed by atoms with Crippen molar-refractivity contribution in [1.29, 1.82) is 0 Å². The predicted octanol–water partition coefficient (Wildman–Crippen LogP) is 3.05. The monoisotopic (exact) mass is 353 g/mol. The van der Waals surface area contributed by atoms with Crippen LogP contribution in [0.3, 0.4) is 0 Å². The van der Waals surface area contributed by atoms with Crippen LogP contribution in [0.15, 0.2) is 36.4 Å². The van der Waals surface area contributed by atoms with Crippen molar-refractivity contribution in [2.24, 2.45) is 0 Å². The van der Waals surface area contributed by atoms with Crippen LogP contribution in [0.5, 0.6) is 5.75 Å². The SMILES string of the molecule is CCOC(=O)COc1c(C)cc(N2C(=O)c3ccccc3C2=O)cc1C. The largest absolute Gasteiger partial charge is 0.481 e. The van der Waals surface area contributed by atoms with Gasteiger partial charge >= 0.3 is 5.97 Å². The number of imide groups is 1. The summed E-state index contributed by atoms with van der Waals surface area (Å²) in [6.07, 6.45) is 0. The van der Waals surface area contributed by atoms with Crippen molar-refractivity contribution in [3.8, 4) is 5.75 Å². The number of nitrogens with zero attached hydrogens (tertiary/aromatic N) is 1. The van der Waals surface area contributed by atoms with E-state index in [0.29, 0.717) is 29.2 Å². The summed E-state index contributed by atoms with van der Waals surface area (Å²) in [6, 6.07) is 10.2. The number of hydrogen-bond donors (Lipinski definition) is 0. The molecular formula is C20H19NO5. The number of rotatable bonds is 5. The van der Waals surface area contributed by atoms with Gasteiger partial charge in [-0.15, -0.1) is 0 Å². The molecule has 0 saturated heterocycles. The van der Waals surface area contributed by atoms with Crippen molar-refractivity contribution in [3.63, 3.8) is 0 Å². The van der Waals surface area contributed by atoms with E-state index in [1.807, 2.05) is 0 Å². The Morgan fingerprint density at radius 2 is 1.54 bits per heavy atom. The van der Waals surface area contributed by atoms with E-state index in [0.717, 1.165) is 11.1 Å². The number of carbonyl (C=O) groups excluding carboxylic acids is 3. The predicted molar refractivity (Wildman–Crippen MR) is 95.6 cm³/mol. The quantitative estimate of drug-likeness (QED) is 0.610. The van der Waals surface area contributed by atoms with Gasteiger partial charge in [0.1, 0.15) is 5.75 Å². The van der Waals surface area contributed by atoms with E-state index in [-0.39, 0.29) is 18.4 Å². The molecule has 0 spiro atoms. The third kappa shape index (κ3) is 3.06. The lowest BCUT2D eigenvalue weighted by molar-refractivity contribution is -0.145. The number of benzene rings is 2.